The van der Waals surface area contributed by atoms with Crippen LogP contribution in [0.1, 0.15) is 16.7 Å². The Bertz CT molecular complexity index is 981. The number of hydrogen-bond donors (Lipinski definition) is 2. The van der Waals surface area contributed by atoms with Gasteiger partial charge in [0.1, 0.15) is 11.3 Å². The number of benzene rings is 2. The second kappa shape index (κ2) is 6.76. The molecule has 1 aliphatic heterocycles. The van der Waals surface area contributed by atoms with E-state index in [4.69, 9.17) is 0 Å². The van der Waals surface area contributed by atoms with Crippen molar-refractivity contribution in [3.8, 4) is 5.75 Å². The molecule has 1 fully saturated rings. The minimum absolute atomic E-state index is 0.0866. The quantitative estimate of drug-likeness (QED) is 0.581. The molecular weight excluding hydrogens is 400 g/mol. The van der Waals surface area contributed by atoms with Gasteiger partial charge in [0.2, 0.25) is 0 Å². The maximum absolute atomic E-state index is 12.9. The zero-order valence-corrected chi connectivity index (χ0v) is 15.6. The van der Waals surface area contributed by atoms with Crippen LogP contribution in [0.15, 0.2) is 46.4 Å². The molecule has 0 saturated carbocycles. The highest BCUT2D eigenvalue weighted by molar-refractivity contribution is 9.10. The van der Waals surface area contributed by atoms with Crippen molar-refractivity contribution in [2.75, 3.05) is 4.90 Å². The number of urea groups is 1. The van der Waals surface area contributed by atoms with E-state index < -0.39 is 17.8 Å². The number of barbiturate groups is 1. The molecule has 0 aromatic heterocycles. The van der Waals surface area contributed by atoms with Crippen molar-refractivity contribution in [1.29, 1.82) is 0 Å². The Kier molecular flexibility index (Phi) is 4.65. The van der Waals surface area contributed by atoms with Gasteiger partial charge in [-0.25, -0.2) is 9.69 Å². The summed E-state index contributed by atoms with van der Waals surface area (Å²) < 4.78 is 0.674. The third-order valence-electron chi connectivity index (χ3n) is 4.00. The van der Waals surface area contributed by atoms with Gasteiger partial charge in [0, 0.05) is 10.0 Å². The molecule has 0 spiro atoms. The number of nitrogens with one attached hydrogen (secondary N) is 1. The van der Waals surface area contributed by atoms with Gasteiger partial charge >= 0.3 is 6.03 Å². The first-order valence-corrected chi connectivity index (χ1v) is 8.54. The van der Waals surface area contributed by atoms with Crippen LogP contribution in [0.25, 0.3) is 6.08 Å². The van der Waals surface area contributed by atoms with E-state index in [1.54, 1.807) is 31.2 Å². The minimum Gasteiger partial charge on any atom is -0.507 e. The normalized spacial score (nSPS) is 16.2. The molecule has 1 saturated heterocycles. The molecular formula is C19H15BrN2O4. The van der Waals surface area contributed by atoms with Gasteiger partial charge in [-0.3, -0.25) is 14.9 Å². The highest BCUT2D eigenvalue weighted by Gasteiger charge is 2.37. The molecule has 2 aromatic rings. The summed E-state index contributed by atoms with van der Waals surface area (Å²) in [6.45, 7) is 3.62. The molecule has 3 rings (SSSR count). The van der Waals surface area contributed by atoms with Crippen molar-refractivity contribution < 1.29 is 19.5 Å². The van der Waals surface area contributed by atoms with E-state index in [-0.39, 0.29) is 16.9 Å². The van der Waals surface area contributed by atoms with Gasteiger partial charge in [0.05, 0.1) is 5.69 Å². The number of nitrogens with zero attached hydrogens (tertiary/aromatic N) is 1. The molecule has 6 nitrogen and oxygen atoms in total. The number of carbonyl (C=O) groups is 3. The third-order valence-corrected chi connectivity index (χ3v) is 4.49. The van der Waals surface area contributed by atoms with Crippen LogP contribution in [-0.4, -0.2) is 23.0 Å². The average molecular weight is 415 g/mol. The van der Waals surface area contributed by atoms with Crippen molar-refractivity contribution in [2.24, 2.45) is 0 Å². The molecule has 0 radical (unpaired) electrons. The number of phenols is 1. The number of anilines is 1. The van der Waals surface area contributed by atoms with Crippen LogP contribution < -0.4 is 10.2 Å². The number of hydrogen-bond acceptors (Lipinski definition) is 4. The monoisotopic (exact) mass is 414 g/mol. The Morgan fingerprint density at radius 1 is 1.08 bits per heavy atom. The van der Waals surface area contributed by atoms with Crippen molar-refractivity contribution in [3.63, 3.8) is 0 Å². The summed E-state index contributed by atoms with van der Waals surface area (Å²) in [6.07, 6.45) is 1.27. The standard InChI is InChI=1S/C19H15BrN2O4/c1-10-3-4-11(2)15(7-10)22-18(25)14(17(24)21-19(22)26)9-12-8-13(20)5-6-16(12)23/h3-9,23H,1-2H3,(H,21,24,26)/b14-9+. The molecule has 0 atom stereocenters. The van der Waals surface area contributed by atoms with Gasteiger partial charge in [-0.1, -0.05) is 28.1 Å². The van der Waals surface area contributed by atoms with E-state index in [1.807, 2.05) is 13.0 Å². The summed E-state index contributed by atoms with van der Waals surface area (Å²) in [5.41, 5.74) is 2.05. The summed E-state index contributed by atoms with van der Waals surface area (Å²) in [5.74, 6) is -1.63. The van der Waals surface area contributed by atoms with Gasteiger partial charge in [0.15, 0.2) is 0 Å². The fraction of sp³-hybridized carbons (Fsp3) is 0.105. The largest absolute Gasteiger partial charge is 0.507 e. The second-order valence-corrected chi connectivity index (χ2v) is 6.87. The highest BCUT2D eigenvalue weighted by atomic mass is 79.9. The van der Waals surface area contributed by atoms with Gasteiger partial charge in [-0.2, -0.15) is 0 Å². The molecule has 1 heterocycles. The summed E-state index contributed by atoms with van der Waals surface area (Å²) in [4.78, 5) is 38.3. The Labute approximate surface area is 158 Å². The highest BCUT2D eigenvalue weighted by Crippen LogP contribution is 2.28. The van der Waals surface area contributed by atoms with Crippen molar-refractivity contribution in [1.82, 2.24) is 5.32 Å². The molecule has 1 aliphatic rings. The maximum atomic E-state index is 12.9. The fourth-order valence-electron chi connectivity index (χ4n) is 2.63. The second-order valence-electron chi connectivity index (χ2n) is 5.95. The Balaban J connectivity index is 2.10. The first-order valence-electron chi connectivity index (χ1n) is 7.75. The van der Waals surface area contributed by atoms with Crippen LogP contribution in [0.3, 0.4) is 0 Å². The topological polar surface area (TPSA) is 86.7 Å². The number of rotatable bonds is 2. The van der Waals surface area contributed by atoms with Crippen LogP contribution >= 0.6 is 15.9 Å². The fourth-order valence-corrected chi connectivity index (χ4v) is 3.01. The molecule has 7 heteroatoms. The molecule has 0 aliphatic carbocycles. The minimum atomic E-state index is -0.805. The van der Waals surface area contributed by atoms with E-state index in [1.165, 1.54) is 12.1 Å². The summed E-state index contributed by atoms with van der Waals surface area (Å²) >= 11 is 3.28. The molecule has 4 amide bonds. The van der Waals surface area contributed by atoms with Gasteiger partial charge in [-0.15, -0.1) is 0 Å². The lowest BCUT2D eigenvalue weighted by Crippen LogP contribution is -2.54. The van der Waals surface area contributed by atoms with Crippen LogP contribution in [-0.2, 0) is 9.59 Å². The average Bonchev–Trinajstić information content (AvgIpc) is 2.57. The van der Waals surface area contributed by atoms with Gasteiger partial charge in [-0.05, 0) is 55.3 Å². The van der Waals surface area contributed by atoms with E-state index >= 15 is 0 Å². The molecule has 26 heavy (non-hydrogen) atoms. The lowest BCUT2D eigenvalue weighted by Gasteiger charge is -2.27. The Morgan fingerprint density at radius 3 is 2.54 bits per heavy atom. The van der Waals surface area contributed by atoms with Crippen LogP contribution in [0, 0.1) is 13.8 Å². The Hall–Kier alpha value is -2.93. The van der Waals surface area contributed by atoms with E-state index in [2.05, 4.69) is 21.2 Å². The van der Waals surface area contributed by atoms with Crippen molar-refractivity contribution in [2.45, 2.75) is 13.8 Å². The van der Waals surface area contributed by atoms with E-state index in [0.717, 1.165) is 16.0 Å². The van der Waals surface area contributed by atoms with Crippen LogP contribution in [0.4, 0.5) is 10.5 Å². The molecule has 132 valence electrons. The predicted molar refractivity (Wildman–Crippen MR) is 101 cm³/mol. The number of aromatic hydroxyl groups is 1. The molecule has 2 aromatic carbocycles. The SMILES string of the molecule is Cc1ccc(C)c(N2C(=O)NC(=O)/C(=C\c3cc(Br)ccc3O)C2=O)c1. The molecule has 0 unspecified atom stereocenters. The number of amides is 4. The smallest absolute Gasteiger partial charge is 0.335 e. The predicted octanol–water partition coefficient (Wildman–Crippen LogP) is 3.44. The number of imide groups is 2. The lowest BCUT2D eigenvalue weighted by atomic mass is 10.0. The number of carbonyl (C=O) groups excluding carboxylic acids is 3. The van der Waals surface area contributed by atoms with E-state index in [9.17, 15) is 19.5 Å². The van der Waals surface area contributed by atoms with Crippen LogP contribution in [0.5, 0.6) is 5.75 Å². The van der Waals surface area contributed by atoms with E-state index in [0.29, 0.717) is 10.2 Å². The summed E-state index contributed by atoms with van der Waals surface area (Å²) in [7, 11) is 0. The molecule has 0 bridgehead atoms. The maximum Gasteiger partial charge on any atom is 0.335 e. The molecule has 2 N–H and O–H groups in total. The third kappa shape index (κ3) is 3.25. The number of phenolic OH excluding ortho intramolecular Hbond substituents is 1. The zero-order chi connectivity index (χ0) is 19.0. The van der Waals surface area contributed by atoms with Crippen molar-refractivity contribution in [3.05, 3.63) is 63.1 Å². The zero-order valence-electron chi connectivity index (χ0n) is 14.0. The first kappa shape index (κ1) is 17.9. The van der Waals surface area contributed by atoms with Crippen LogP contribution in [0.2, 0.25) is 0 Å². The van der Waals surface area contributed by atoms with Gasteiger partial charge in [0.25, 0.3) is 11.8 Å². The van der Waals surface area contributed by atoms with Gasteiger partial charge < -0.3 is 5.11 Å². The number of aryl methyl sites for hydroxylation is 2. The summed E-state index contributed by atoms with van der Waals surface area (Å²) in [5, 5.41) is 12.1. The Morgan fingerprint density at radius 2 is 1.81 bits per heavy atom. The lowest BCUT2D eigenvalue weighted by molar-refractivity contribution is -0.122. The number of halogens is 1. The van der Waals surface area contributed by atoms with Crippen molar-refractivity contribution >= 4 is 45.5 Å². The summed E-state index contributed by atoms with van der Waals surface area (Å²) in [6, 6.07) is 9.21. The first-order chi connectivity index (χ1) is 12.3.